The van der Waals surface area contributed by atoms with Crippen LogP contribution in [0, 0.1) is 6.92 Å². The van der Waals surface area contributed by atoms with Crippen molar-refractivity contribution in [3.63, 3.8) is 0 Å². The van der Waals surface area contributed by atoms with Crippen LogP contribution in [0.1, 0.15) is 19.4 Å². The van der Waals surface area contributed by atoms with Gasteiger partial charge < -0.3 is 9.47 Å². The Morgan fingerprint density at radius 1 is 1.15 bits per heavy atom. The molecule has 0 aliphatic carbocycles. The fourth-order valence-corrected chi connectivity index (χ4v) is 1.00. The van der Waals surface area contributed by atoms with Crippen LogP contribution < -0.4 is 9.47 Å². The van der Waals surface area contributed by atoms with Crippen LogP contribution in [0.3, 0.4) is 0 Å². The highest BCUT2D eigenvalue weighted by Crippen LogP contribution is 2.18. The Bertz CT molecular complexity index is 274. The van der Waals surface area contributed by atoms with E-state index in [1.54, 1.807) is 0 Å². The number of aromatic nitrogens is 1. The van der Waals surface area contributed by atoms with E-state index in [4.69, 9.17) is 9.47 Å². The fourth-order valence-electron chi connectivity index (χ4n) is 1.00. The van der Waals surface area contributed by atoms with Crippen molar-refractivity contribution in [3.8, 4) is 11.8 Å². The first-order chi connectivity index (χ1) is 6.27. The van der Waals surface area contributed by atoms with Gasteiger partial charge in [0.1, 0.15) is 0 Å². The van der Waals surface area contributed by atoms with Gasteiger partial charge in [-0.3, -0.25) is 0 Å². The predicted molar refractivity (Wildman–Crippen MR) is 51.3 cm³/mol. The lowest BCUT2D eigenvalue weighted by Crippen LogP contribution is -2.00. The Morgan fingerprint density at radius 3 is 2.46 bits per heavy atom. The molecule has 0 aliphatic rings. The molecule has 1 rings (SSSR count). The van der Waals surface area contributed by atoms with Crippen LogP contribution in [-0.2, 0) is 0 Å². The second-order valence-corrected chi connectivity index (χ2v) is 2.64. The third-order valence-electron chi connectivity index (χ3n) is 1.60. The number of nitrogens with zero attached hydrogens (tertiary/aromatic N) is 1. The summed E-state index contributed by atoms with van der Waals surface area (Å²) in [5.41, 5.74) is 1.03. The first-order valence-corrected chi connectivity index (χ1v) is 4.51. The Labute approximate surface area is 78.7 Å². The minimum Gasteiger partial charge on any atom is -0.478 e. The van der Waals surface area contributed by atoms with E-state index in [0.717, 1.165) is 5.56 Å². The van der Waals surface area contributed by atoms with E-state index in [-0.39, 0.29) is 0 Å². The van der Waals surface area contributed by atoms with Crippen molar-refractivity contribution in [2.45, 2.75) is 20.8 Å². The largest absolute Gasteiger partial charge is 0.478 e. The Balaban J connectivity index is 2.83. The van der Waals surface area contributed by atoms with Crippen LogP contribution in [-0.4, -0.2) is 18.2 Å². The minimum atomic E-state index is 0.622. The van der Waals surface area contributed by atoms with E-state index in [1.807, 2.05) is 32.9 Å². The molecule has 0 aromatic carbocycles. The van der Waals surface area contributed by atoms with Crippen molar-refractivity contribution in [2.24, 2.45) is 0 Å². The van der Waals surface area contributed by atoms with Crippen molar-refractivity contribution < 1.29 is 9.47 Å². The monoisotopic (exact) mass is 181 g/mol. The van der Waals surface area contributed by atoms with E-state index < -0.39 is 0 Å². The number of pyridine rings is 1. The lowest BCUT2D eigenvalue weighted by atomic mass is 10.3. The molecule has 0 spiro atoms. The molecule has 0 amide bonds. The zero-order valence-corrected chi connectivity index (χ0v) is 8.33. The molecular formula is C10H15NO2. The lowest BCUT2D eigenvalue weighted by molar-refractivity contribution is 0.297. The molecular weight excluding hydrogens is 166 g/mol. The summed E-state index contributed by atoms with van der Waals surface area (Å²) in [6.45, 7) is 7.09. The van der Waals surface area contributed by atoms with Crippen molar-refractivity contribution >= 4 is 0 Å². The molecule has 0 N–H and O–H groups in total. The number of hydrogen-bond acceptors (Lipinski definition) is 3. The Hall–Kier alpha value is -1.25. The fraction of sp³-hybridized carbons (Fsp3) is 0.500. The highest BCUT2D eigenvalue weighted by Gasteiger charge is 2.02. The summed E-state index contributed by atoms with van der Waals surface area (Å²) < 4.78 is 10.6. The van der Waals surface area contributed by atoms with Gasteiger partial charge in [-0.1, -0.05) is 0 Å². The first kappa shape index (κ1) is 9.84. The average Bonchev–Trinajstić information content (AvgIpc) is 2.12. The molecule has 0 aliphatic heterocycles. The van der Waals surface area contributed by atoms with E-state index in [0.29, 0.717) is 25.0 Å². The maximum atomic E-state index is 5.33. The molecule has 13 heavy (non-hydrogen) atoms. The average molecular weight is 181 g/mol. The molecule has 0 saturated heterocycles. The smallest absolute Gasteiger partial charge is 0.219 e. The second-order valence-electron chi connectivity index (χ2n) is 2.64. The van der Waals surface area contributed by atoms with Crippen LogP contribution in [0.2, 0.25) is 0 Å². The number of aryl methyl sites for hydroxylation is 1. The zero-order valence-electron chi connectivity index (χ0n) is 8.33. The highest BCUT2D eigenvalue weighted by molar-refractivity contribution is 5.29. The van der Waals surface area contributed by atoms with Gasteiger partial charge in [-0.15, -0.1) is 0 Å². The van der Waals surface area contributed by atoms with Crippen LogP contribution in [0.15, 0.2) is 12.1 Å². The molecule has 0 fully saturated rings. The third-order valence-corrected chi connectivity index (χ3v) is 1.60. The number of hydrogen-bond donors (Lipinski definition) is 0. The topological polar surface area (TPSA) is 31.4 Å². The highest BCUT2D eigenvalue weighted by atomic mass is 16.5. The van der Waals surface area contributed by atoms with Crippen LogP contribution in [0.5, 0.6) is 11.8 Å². The molecule has 0 unspecified atom stereocenters. The molecule has 0 saturated carbocycles. The molecule has 3 heteroatoms. The van der Waals surface area contributed by atoms with Crippen molar-refractivity contribution in [2.75, 3.05) is 13.2 Å². The zero-order chi connectivity index (χ0) is 9.68. The quantitative estimate of drug-likeness (QED) is 0.713. The lowest BCUT2D eigenvalue weighted by Gasteiger charge is -2.07. The van der Waals surface area contributed by atoms with Gasteiger partial charge in [-0.05, 0) is 26.8 Å². The molecule has 1 aromatic rings. The molecule has 0 atom stereocenters. The molecule has 0 radical (unpaired) electrons. The van der Waals surface area contributed by atoms with Gasteiger partial charge in [0, 0.05) is 11.6 Å². The normalized spacial score (nSPS) is 9.77. The third kappa shape index (κ3) is 2.61. The van der Waals surface area contributed by atoms with Crippen LogP contribution >= 0.6 is 0 Å². The van der Waals surface area contributed by atoms with Gasteiger partial charge in [-0.25, -0.2) is 0 Å². The molecule has 1 heterocycles. The second kappa shape index (κ2) is 4.70. The van der Waals surface area contributed by atoms with E-state index in [2.05, 4.69) is 4.98 Å². The van der Waals surface area contributed by atoms with Crippen molar-refractivity contribution in [1.29, 1.82) is 0 Å². The van der Waals surface area contributed by atoms with E-state index in [1.165, 1.54) is 0 Å². The van der Waals surface area contributed by atoms with Gasteiger partial charge in [0.25, 0.3) is 0 Å². The van der Waals surface area contributed by atoms with E-state index in [9.17, 15) is 0 Å². The predicted octanol–water partition coefficient (Wildman–Crippen LogP) is 2.19. The SMILES string of the molecule is CCOc1ccc(C)c(OCC)n1. The van der Waals surface area contributed by atoms with Gasteiger partial charge in [0.05, 0.1) is 13.2 Å². The summed E-state index contributed by atoms with van der Waals surface area (Å²) >= 11 is 0. The Morgan fingerprint density at radius 2 is 1.85 bits per heavy atom. The van der Waals surface area contributed by atoms with Crippen molar-refractivity contribution in [3.05, 3.63) is 17.7 Å². The molecule has 1 aromatic heterocycles. The minimum absolute atomic E-state index is 0.622. The van der Waals surface area contributed by atoms with Gasteiger partial charge in [0.2, 0.25) is 11.8 Å². The van der Waals surface area contributed by atoms with Gasteiger partial charge in [0.15, 0.2) is 0 Å². The summed E-state index contributed by atoms with van der Waals surface area (Å²) in [7, 11) is 0. The molecule has 72 valence electrons. The standard InChI is InChI=1S/C10H15NO2/c1-4-12-9-7-6-8(3)10(11-9)13-5-2/h6-7H,4-5H2,1-3H3. The maximum Gasteiger partial charge on any atom is 0.219 e. The summed E-state index contributed by atoms with van der Waals surface area (Å²) in [5.74, 6) is 1.28. The van der Waals surface area contributed by atoms with Gasteiger partial charge in [-0.2, -0.15) is 4.98 Å². The van der Waals surface area contributed by atoms with Crippen LogP contribution in [0.4, 0.5) is 0 Å². The number of rotatable bonds is 4. The first-order valence-electron chi connectivity index (χ1n) is 4.51. The summed E-state index contributed by atoms with van der Waals surface area (Å²) in [6.07, 6.45) is 0. The maximum absolute atomic E-state index is 5.33. The summed E-state index contributed by atoms with van der Waals surface area (Å²) in [5, 5.41) is 0. The number of ether oxygens (including phenoxy) is 2. The summed E-state index contributed by atoms with van der Waals surface area (Å²) in [4.78, 5) is 4.21. The summed E-state index contributed by atoms with van der Waals surface area (Å²) in [6, 6.07) is 3.80. The van der Waals surface area contributed by atoms with Crippen molar-refractivity contribution in [1.82, 2.24) is 4.98 Å². The Kier molecular flexibility index (Phi) is 3.55. The van der Waals surface area contributed by atoms with Gasteiger partial charge >= 0.3 is 0 Å². The molecule has 3 nitrogen and oxygen atoms in total. The molecule has 0 bridgehead atoms. The van der Waals surface area contributed by atoms with Crippen LogP contribution in [0.25, 0.3) is 0 Å². The van der Waals surface area contributed by atoms with E-state index >= 15 is 0 Å².